The Morgan fingerprint density at radius 2 is 2.14 bits per heavy atom. The van der Waals surface area contributed by atoms with Crippen molar-refractivity contribution in [2.24, 2.45) is 0 Å². The van der Waals surface area contributed by atoms with E-state index in [1.807, 2.05) is 6.92 Å². The molecule has 1 aliphatic heterocycles. The molecule has 0 bridgehead atoms. The summed E-state index contributed by atoms with van der Waals surface area (Å²) in [6.45, 7) is 5.64. The van der Waals surface area contributed by atoms with Gasteiger partial charge in [-0.1, -0.05) is 29.4 Å². The maximum absolute atomic E-state index is 12.3. The normalized spacial score (nSPS) is 18.9. The van der Waals surface area contributed by atoms with Gasteiger partial charge in [-0.3, -0.25) is 4.79 Å². The summed E-state index contributed by atoms with van der Waals surface area (Å²) in [6.07, 6.45) is 1.02. The van der Waals surface area contributed by atoms with Gasteiger partial charge in [0, 0.05) is 18.1 Å². The molecule has 5 nitrogen and oxygen atoms in total. The Labute approximate surface area is 123 Å². The topological polar surface area (TPSA) is 59.6 Å². The summed E-state index contributed by atoms with van der Waals surface area (Å²) in [6, 6.07) is 10.1. The van der Waals surface area contributed by atoms with Crippen molar-refractivity contribution < 1.29 is 14.2 Å². The third-order valence-electron chi connectivity index (χ3n) is 4.14. The van der Waals surface area contributed by atoms with Crippen LogP contribution in [-0.4, -0.2) is 23.7 Å². The van der Waals surface area contributed by atoms with Gasteiger partial charge in [0.15, 0.2) is 11.9 Å². The Kier molecular flexibility index (Phi) is 3.75. The highest BCUT2D eigenvalue weighted by Gasteiger charge is 2.29. The Morgan fingerprint density at radius 1 is 1.38 bits per heavy atom. The zero-order valence-electron chi connectivity index (χ0n) is 12.3. The van der Waals surface area contributed by atoms with Gasteiger partial charge in [-0.2, -0.15) is 0 Å². The highest BCUT2D eigenvalue weighted by Crippen LogP contribution is 2.11. The number of rotatable bonds is 3. The summed E-state index contributed by atoms with van der Waals surface area (Å²) < 4.78 is 4.97. The number of amides is 1. The fourth-order valence-electron chi connectivity index (χ4n) is 2.82. The Bertz CT molecular complexity index is 650. The minimum absolute atomic E-state index is 0.0160. The summed E-state index contributed by atoms with van der Waals surface area (Å²) in [5.74, 6) is 1.16. The molecule has 1 aliphatic rings. The number of fused-ring (bicyclic) bond motifs is 1. The van der Waals surface area contributed by atoms with E-state index >= 15 is 0 Å². The van der Waals surface area contributed by atoms with Crippen molar-refractivity contribution in [2.75, 3.05) is 11.9 Å². The van der Waals surface area contributed by atoms with Gasteiger partial charge in [0.2, 0.25) is 0 Å². The lowest BCUT2D eigenvalue weighted by atomic mass is 9.99. The molecule has 3 rings (SSSR count). The molecule has 1 aromatic carbocycles. The molecule has 5 heteroatoms. The first-order valence-electron chi connectivity index (χ1n) is 7.29. The van der Waals surface area contributed by atoms with Crippen LogP contribution in [-0.2, 0) is 17.8 Å². The number of quaternary nitrogens is 1. The molecule has 1 aromatic heterocycles. The van der Waals surface area contributed by atoms with Gasteiger partial charge < -0.3 is 14.7 Å². The molecule has 1 unspecified atom stereocenters. The SMILES string of the molecule is Cc1cc(NC(=O)[C@H](C)[NH+]2CCc3ccccc3C2)no1. The molecule has 0 aliphatic carbocycles. The highest BCUT2D eigenvalue weighted by molar-refractivity contribution is 5.92. The van der Waals surface area contributed by atoms with Gasteiger partial charge in [-0.15, -0.1) is 0 Å². The van der Waals surface area contributed by atoms with Crippen molar-refractivity contribution >= 4 is 11.7 Å². The van der Waals surface area contributed by atoms with E-state index in [1.165, 1.54) is 16.0 Å². The number of hydrogen-bond acceptors (Lipinski definition) is 3. The van der Waals surface area contributed by atoms with Crippen molar-refractivity contribution in [2.45, 2.75) is 32.9 Å². The van der Waals surface area contributed by atoms with Crippen LogP contribution < -0.4 is 10.2 Å². The molecule has 1 amide bonds. The van der Waals surface area contributed by atoms with Crippen molar-refractivity contribution in [3.05, 3.63) is 47.2 Å². The average molecular weight is 286 g/mol. The molecule has 2 heterocycles. The highest BCUT2D eigenvalue weighted by atomic mass is 16.5. The van der Waals surface area contributed by atoms with Gasteiger partial charge >= 0.3 is 0 Å². The Hall–Kier alpha value is -2.14. The van der Waals surface area contributed by atoms with Gasteiger partial charge in [0.05, 0.1) is 6.54 Å². The minimum atomic E-state index is -0.115. The lowest BCUT2D eigenvalue weighted by molar-refractivity contribution is -0.929. The van der Waals surface area contributed by atoms with E-state index in [2.05, 4.69) is 34.7 Å². The van der Waals surface area contributed by atoms with Crippen LogP contribution in [0, 0.1) is 6.92 Å². The molecule has 2 aromatic rings. The number of aryl methyl sites for hydroxylation is 1. The third kappa shape index (κ3) is 2.97. The van der Waals surface area contributed by atoms with E-state index in [4.69, 9.17) is 4.52 Å². The molecule has 21 heavy (non-hydrogen) atoms. The maximum atomic E-state index is 12.3. The number of benzene rings is 1. The van der Waals surface area contributed by atoms with E-state index < -0.39 is 0 Å². The van der Waals surface area contributed by atoms with Crippen molar-refractivity contribution in [1.82, 2.24) is 5.16 Å². The van der Waals surface area contributed by atoms with Gasteiger partial charge in [-0.05, 0) is 19.4 Å². The van der Waals surface area contributed by atoms with Gasteiger partial charge in [0.25, 0.3) is 5.91 Å². The molecular weight excluding hydrogens is 266 g/mol. The van der Waals surface area contributed by atoms with Crippen molar-refractivity contribution in [1.29, 1.82) is 0 Å². The molecule has 0 radical (unpaired) electrons. The summed E-state index contributed by atoms with van der Waals surface area (Å²) >= 11 is 0. The van der Waals surface area contributed by atoms with Crippen LogP contribution in [0.15, 0.2) is 34.9 Å². The number of carbonyl (C=O) groups is 1. The van der Waals surface area contributed by atoms with Crippen molar-refractivity contribution in [3.63, 3.8) is 0 Å². The third-order valence-corrected chi connectivity index (χ3v) is 4.14. The summed E-state index contributed by atoms with van der Waals surface area (Å²) in [5, 5.41) is 6.62. The zero-order chi connectivity index (χ0) is 14.8. The Morgan fingerprint density at radius 3 is 2.86 bits per heavy atom. The fraction of sp³-hybridized carbons (Fsp3) is 0.375. The fourth-order valence-corrected chi connectivity index (χ4v) is 2.82. The smallest absolute Gasteiger partial charge is 0.283 e. The largest absolute Gasteiger partial charge is 0.360 e. The molecule has 0 saturated carbocycles. The monoisotopic (exact) mass is 286 g/mol. The van der Waals surface area contributed by atoms with E-state index in [0.29, 0.717) is 11.6 Å². The van der Waals surface area contributed by atoms with Crippen LogP contribution in [0.1, 0.15) is 23.8 Å². The molecule has 0 spiro atoms. The first-order valence-corrected chi connectivity index (χ1v) is 7.29. The molecule has 2 atom stereocenters. The van der Waals surface area contributed by atoms with Crippen molar-refractivity contribution in [3.8, 4) is 0 Å². The number of nitrogens with zero attached hydrogens (tertiary/aromatic N) is 1. The number of carbonyl (C=O) groups excluding carboxylic acids is 1. The number of anilines is 1. The standard InChI is InChI=1S/C16H19N3O2/c1-11-9-15(18-21-11)17-16(20)12(2)19-8-7-13-5-3-4-6-14(13)10-19/h3-6,9,12H,7-8,10H2,1-2H3,(H,17,18,20)/p+1/t12-/m0/s1. The molecule has 110 valence electrons. The lowest BCUT2D eigenvalue weighted by Gasteiger charge is -2.29. The predicted molar refractivity (Wildman–Crippen MR) is 79.0 cm³/mol. The second kappa shape index (κ2) is 5.69. The average Bonchev–Trinajstić information content (AvgIpc) is 2.91. The Balaban J connectivity index is 1.66. The van der Waals surface area contributed by atoms with Gasteiger partial charge in [-0.25, -0.2) is 0 Å². The van der Waals surface area contributed by atoms with Gasteiger partial charge in [0.1, 0.15) is 12.3 Å². The predicted octanol–water partition coefficient (Wildman–Crippen LogP) is 0.951. The number of aromatic nitrogens is 1. The summed E-state index contributed by atoms with van der Waals surface area (Å²) in [5.41, 5.74) is 2.75. The summed E-state index contributed by atoms with van der Waals surface area (Å²) in [4.78, 5) is 13.6. The van der Waals surface area contributed by atoms with Crippen LogP contribution >= 0.6 is 0 Å². The first kappa shape index (κ1) is 13.8. The van der Waals surface area contributed by atoms with Crippen LogP contribution in [0.3, 0.4) is 0 Å². The maximum Gasteiger partial charge on any atom is 0.283 e. The minimum Gasteiger partial charge on any atom is -0.360 e. The van der Waals surface area contributed by atoms with Crippen LogP contribution in [0.5, 0.6) is 0 Å². The lowest BCUT2D eigenvalue weighted by Crippen LogP contribution is -3.16. The number of nitrogens with one attached hydrogen (secondary N) is 2. The second-order valence-corrected chi connectivity index (χ2v) is 5.64. The van der Waals surface area contributed by atoms with Crippen LogP contribution in [0.2, 0.25) is 0 Å². The molecule has 0 fully saturated rings. The molecule has 2 N–H and O–H groups in total. The molecular formula is C16H20N3O2+. The summed E-state index contributed by atoms with van der Waals surface area (Å²) in [7, 11) is 0. The zero-order valence-corrected chi connectivity index (χ0v) is 12.3. The quantitative estimate of drug-likeness (QED) is 0.883. The number of hydrogen-bond donors (Lipinski definition) is 2. The van der Waals surface area contributed by atoms with E-state index in [-0.39, 0.29) is 11.9 Å². The molecule has 0 saturated heterocycles. The van der Waals surface area contributed by atoms with Crippen LogP contribution in [0.25, 0.3) is 0 Å². The second-order valence-electron chi connectivity index (χ2n) is 5.64. The first-order chi connectivity index (χ1) is 10.1. The van der Waals surface area contributed by atoms with E-state index in [1.54, 1.807) is 13.0 Å². The van der Waals surface area contributed by atoms with E-state index in [9.17, 15) is 4.79 Å². The van der Waals surface area contributed by atoms with E-state index in [0.717, 1.165) is 19.5 Å². The van der Waals surface area contributed by atoms with Crippen LogP contribution in [0.4, 0.5) is 5.82 Å².